The van der Waals surface area contributed by atoms with Gasteiger partial charge in [-0.1, -0.05) is 49.7 Å². The van der Waals surface area contributed by atoms with Crippen LogP contribution in [0.5, 0.6) is 5.75 Å². The maximum absolute atomic E-state index is 13.7. The van der Waals surface area contributed by atoms with Crippen LogP contribution in [0.15, 0.2) is 77.6 Å². The summed E-state index contributed by atoms with van der Waals surface area (Å²) in [5, 5.41) is 0.893. The molecule has 0 saturated carbocycles. The zero-order chi connectivity index (χ0) is 25.1. The minimum absolute atomic E-state index is 0.186. The van der Waals surface area contributed by atoms with Crippen molar-refractivity contribution in [1.29, 1.82) is 0 Å². The maximum Gasteiger partial charge on any atom is 0.266 e. The first-order chi connectivity index (χ1) is 16.8. The highest BCUT2D eigenvalue weighted by Gasteiger charge is 2.29. The normalized spacial score (nSPS) is 12.1. The highest BCUT2D eigenvalue weighted by molar-refractivity contribution is 6.33. The molecule has 1 atom stereocenters. The lowest BCUT2D eigenvalue weighted by molar-refractivity contribution is 0.0655. The molecule has 0 saturated heterocycles. The Bertz CT molecular complexity index is 1410. The number of carbonyl (C=O) groups excluding carboxylic acids is 1. The summed E-state index contributed by atoms with van der Waals surface area (Å²) in [6.45, 7) is 6.46. The van der Waals surface area contributed by atoms with Crippen molar-refractivity contribution < 1.29 is 9.53 Å². The Labute approximate surface area is 209 Å². The average Bonchev–Trinajstić information content (AvgIpc) is 2.87. The van der Waals surface area contributed by atoms with Crippen LogP contribution in [0.1, 0.15) is 43.0 Å². The van der Waals surface area contributed by atoms with Crippen molar-refractivity contribution in [3.63, 3.8) is 0 Å². The Balaban J connectivity index is 1.92. The Kier molecular flexibility index (Phi) is 7.22. The fourth-order valence-corrected chi connectivity index (χ4v) is 4.37. The third-order valence-electron chi connectivity index (χ3n) is 5.90. The molecular weight excluding hydrogens is 462 g/mol. The average molecular weight is 490 g/mol. The molecule has 7 heteroatoms. The van der Waals surface area contributed by atoms with E-state index >= 15 is 0 Å². The lowest BCUT2D eigenvalue weighted by Gasteiger charge is -2.32. The number of carbonyl (C=O) groups is 1. The zero-order valence-corrected chi connectivity index (χ0v) is 21.0. The molecule has 180 valence electrons. The van der Waals surface area contributed by atoms with Gasteiger partial charge in [-0.15, -0.1) is 0 Å². The Morgan fingerprint density at radius 3 is 2.31 bits per heavy atom. The van der Waals surface area contributed by atoms with E-state index in [4.69, 9.17) is 21.3 Å². The van der Waals surface area contributed by atoms with Crippen molar-refractivity contribution in [2.24, 2.45) is 5.92 Å². The minimum atomic E-state index is -0.513. The predicted octanol–water partition coefficient (Wildman–Crippen LogP) is 5.91. The molecule has 0 spiro atoms. The molecule has 4 rings (SSSR count). The number of ether oxygens (including phenoxy) is 1. The number of amides is 1. The number of aromatic nitrogens is 2. The van der Waals surface area contributed by atoms with Crippen molar-refractivity contribution in [2.75, 3.05) is 13.7 Å². The topological polar surface area (TPSA) is 64.4 Å². The molecular formula is C28H28ClN3O3. The number of rotatable bonds is 7. The smallest absolute Gasteiger partial charge is 0.266 e. The Hall–Kier alpha value is -3.64. The van der Waals surface area contributed by atoms with E-state index in [0.29, 0.717) is 45.3 Å². The predicted molar refractivity (Wildman–Crippen MR) is 140 cm³/mol. The third-order valence-corrected chi connectivity index (χ3v) is 6.23. The first-order valence-corrected chi connectivity index (χ1v) is 11.9. The lowest BCUT2D eigenvalue weighted by Crippen LogP contribution is -2.39. The summed E-state index contributed by atoms with van der Waals surface area (Å²) in [5.41, 5.74) is 1.45. The van der Waals surface area contributed by atoms with E-state index in [1.807, 2.05) is 51.1 Å². The molecule has 1 heterocycles. The number of nitrogens with zero attached hydrogens (tertiary/aromatic N) is 3. The molecule has 0 radical (unpaired) electrons. The van der Waals surface area contributed by atoms with Crippen LogP contribution in [-0.4, -0.2) is 34.0 Å². The molecule has 0 bridgehead atoms. The largest absolute Gasteiger partial charge is 0.497 e. The summed E-state index contributed by atoms with van der Waals surface area (Å²) in [4.78, 5) is 34.0. The number of hydrogen-bond acceptors (Lipinski definition) is 4. The van der Waals surface area contributed by atoms with E-state index in [0.717, 1.165) is 0 Å². The van der Waals surface area contributed by atoms with Gasteiger partial charge < -0.3 is 9.64 Å². The Morgan fingerprint density at radius 2 is 1.66 bits per heavy atom. The van der Waals surface area contributed by atoms with Crippen LogP contribution in [0.25, 0.3) is 16.6 Å². The van der Waals surface area contributed by atoms with Gasteiger partial charge in [0.15, 0.2) is 0 Å². The molecule has 6 nitrogen and oxygen atoms in total. The highest BCUT2D eigenvalue weighted by atomic mass is 35.5. The number of para-hydroxylation sites is 1. The number of benzene rings is 3. The fourth-order valence-electron chi connectivity index (χ4n) is 4.15. The van der Waals surface area contributed by atoms with Crippen molar-refractivity contribution in [2.45, 2.75) is 26.8 Å². The maximum atomic E-state index is 13.7. The molecule has 0 fully saturated rings. The van der Waals surface area contributed by atoms with E-state index in [9.17, 15) is 9.59 Å². The van der Waals surface area contributed by atoms with Gasteiger partial charge in [-0.05, 0) is 61.4 Å². The van der Waals surface area contributed by atoms with E-state index in [1.165, 1.54) is 0 Å². The van der Waals surface area contributed by atoms with Crippen LogP contribution in [0.4, 0.5) is 0 Å². The molecule has 0 N–H and O–H groups in total. The van der Waals surface area contributed by atoms with Gasteiger partial charge in [-0.25, -0.2) is 4.98 Å². The van der Waals surface area contributed by atoms with Crippen LogP contribution in [0, 0.1) is 5.92 Å². The molecule has 0 aliphatic carbocycles. The highest BCUT2D eigenvalue weighted by Crippen LogP contribution is 2.28. The van der Waals surface area contributed by atoms with Gasteiger partial charge >= 0.3 is 0 Å². The summed E-state index contributed by atoms with van der Waals surface area (Å²) in [6, 6.07) is 21.0. The van der Waals surface area contributed by atoms with Crippen LogP contribution in [0.3, 0.4) is 0 Å². The summed E-state index contributed by atoms with van der Waals surface area (Å²) >= 11 is 6.38. The quantitative estimate of drug-likeness (QED) is 0.324. The third kappa shape index (κ3) is 4.93. The minimum Gasteiger partial charge on any atom is -0.497 e. The zero-order valence-electron chi connectivity index (χ0n) is 20.2. The van der Waals surface area contributed by atoms with Crippen molar-refractivity contribution in [3.8, 4) is 11.4 Å². The van der Waals surface area contributed by atoms with Gasteiger partial charge in [0.05, 0.1) is 40.3 Å². The monoisotopic (exact) mass is 489 g/mol. The molecule has 0 aliphatic rings. The van der Waals surface area contributed by atoms with E-state index < -0.39 is 6.04 Å². The number of methoxy groups -OCH3 is 1. The van der Waals surface area contributed by atoms with Crippen molar-refractivity contribution in [1.82, 2.24) is 14.5 Å². The van der Waals surface area contributed by atoms with Crippen molar-refractivity contribution in [3.05, 3.63) is 99.6 Å². The van der Waals surface area contributed by atoms with Gasteiger partial charge in [0.2, 0.25) is 0 Å². The number of fused-ring (bicyclic) bond motifs is 1. The Morgan fingerprint density at radius 1 is 1.00 bits per heavy atom. The molecule has 1 amide bonds. The summed E-state index contributed by atoms with van der Waals surface area (Å²) in [6.07, 6.45) is 0. The first-order valence-electron chi connectivity index (χ1n) is 11.5. The van der Waals surface area contributed by atoms with E-state index in [1.54, 1.807) is 59.0 Å². The van der Waals surface area contributed by atoms with Crippen LogP contribution >= 0.6 is 11.6 Å². The summed E-state index contributed by atoms with van der Waals surface area (Å²) in [7, 11) is 1.59. The molecule has 35 heavy (non-hydrogen) atoms. The fraction of sp³-hybridized carbons (Fsp3) is 0.250. The molecule has 1 aromatic heterocycles. The second-order valence-electron chi connectivity index (χ2n) is 8.83. The van der Waals surface area contributed by atoms with Gasteiger partial charge in [-0.2, -0.15) is 0 Å². The number of hydrogen-bond donors (Lipinski definition) is 0. The standard InChI is InChI=1S/C28H28ClN3O3/c1-18(2)17-31(27(33)22-9-5-7-11-24(22)29)19(3)26-30-25-12-8-6-10-23(25)28(34)32(26)20-13-15-21(35-4)16-14-20/h5-16,18-19H,17H2,1-4H3. The van der Waals surface area contributed by atoms with Crippen LogP contribution < -0.4 is 10.3 Å². The number of halogens is 1. The van der Waals surface area contributed by atoms with E-state index in [2.05, 4.69) is 0 Å². The molecule has 4 aromatic rings. The lowest BCUT2D eigenvalue weighted by atomic mass is 10.1. The second-order valence-corrected chi connectivity index (χ2v) is 9.24. The van der Waals surface area contributed by atoms with E-state index in [-0.39, 0.29) is 17.4 Å². The first kappa shape index (κ1) is 24.5. The summed E-state index contributed by atoms with van der Waals surface area (Å²) < 4.78 is 6.87. The van der Waals surface area contributed by atoms with Gasteiger partial charge in [-0.3, -0.25) is 14.2 Å². The SMILES string of the molecule is COc1ccc(-n2c(C(C)N(CC(C)C)C(=O)c3ccccc3Cl)nc3ccccc3c2=O)cc1. The van der Waals surface area contributed by atoms with Gasteiger partial charge in [0.1, 0.15) is 11.6 Å². The molecule has 0 aliphatic heterocycles. The summed E-state index contributed by atoms with van der Waals surface area (Å²) in [5.74, 6) is 1.13. The second kappa shape index (κ2) is 10.3. The van der Waals surface area contributed by atoms with Crippen molar-refractivity contribution >= 4 is 28.4 Å². The molecule has 3 aromatic carbocycles. The van der Waals surface area contributed by atoms with Gasteiger partial charge in [0, 0.05) is 6.54 Å². The van der Waals surface area contributed by atoms with Gasteiger partial charge in [0.25, 0.3) is 11.5 Å². The molecule has 1 unspecified atom stereocenters. The van der Waals surface area contributed by atoms with Crippen LogP contribution in [0.2, 0.25) is 5.02 Å². The van der Waals surface area contributed by atoms with Crippen LogP contribution in [-0.2, 0) is 0 Å².